The van der Waals surface area contributed by atoms with E-state index in [2.05, 4.69) is 17.3 Å². The second-order valence-corrected chi connectivity index (χ2v) is 4.08. The van der Waals surface area contributed by atoms with Crippen molar-refractivity contribution >= 4 is 0 Å². The molecule has 6 heteroatoms. The number of nitrogens with one attached hydrogen (secondary N) is 1. The average Bonchev–Trinajstić information content (AvgIpc) is 2.70. The molecule has 1 rings (SSSR count). The highest BCUT2D eigenvalue weighted by Gasteiger charge is 2.26. The maximum Gasteiger partial charge on any atom is 0.390 e. The Morgan fingerprint density at radius 1 is 1.47 bits per heavy atom. The highest BCUT2D eigenvalue weighted by molar-refractivity contribution is 5.09. The molecule has 17 heavy (non-hydrogen) atoms. The monoisotopic (exact) mass is 249 g/mol. The van der Waals surface area contributed by atoms with Crippen LogP contribution in [-0.4, -0.2) is 22.5 Å². The molecule has 1 N–H and O–H groups in total. The van der Waals surface area contributed by atoms with Gasteiger partial charge in [-0.05, 0) is 19.9 Å². The lowest BCUT2D eigenvalue weighted by Crippen LogP contribution is -2.18. The molecule has 0 bridgehead atoms. The minimum atomic E-state index is -4.13. The van der Waals surface area contributed by atoms with Gasteiger partial charge in [-0.2, -0.15) is 18.3 Å². The first-order chi connectivity index (χ1) is 7.92. The number of alkyl halides is 3. The largest absolute Gasteiger partial charge is 0.390 e. The summed E-state index contributed by atoms with van der Waals surface area (Å²) in [6.07, 6.45) is -0.668. The Morgan fingerprint density at radius 3 is 2.76 bits per heavy atom. The number of aryl methyl sites for hydroxylation is 1. The van der Waals surface area contributed by atoms with Gasteiger partial charge < -0.3 is 5.32 Å². The first-order valence-corrected chi connectivity index (χ1v) is 5.75. The summed E-state index contributed by atoms with van der Waals surface area (Å²) in [6, 6.07) is 0.120. The number of hydrogen-bond acceptors (Lipinski definition) is 2. The van der Waals surface area contributed by atoms with Crippen LogP contribution in [-0.2, 0) is 6.54 Å². The highest BCUT2D eigenvalue weighted by atomic mass is 19.4. The van der Waals surface area contributed by atoms with Crippen LogP contribution in [0.25, 0.3) is 0 Å². The molecule has 1 heterocycles. The third-order valence-corrected chi connectivity index (χ3v) is 2.48. The summed E-state index contributed by atoms with van der Waals surface area (Å²) in [5.74, 6) is 0. The van der Waals surface area contributed by atoms with Crippen LogP contribution in [0.5, 0.6) is 0 Å². The first-order valence-electron chi connectivity index (χ1n) is 5.75. The molecule has 0 aliphatic heterocycles. The van der Waals surface area contributed by atoms with E-state index in [4.69, 9.17) is 0 Å². The van der Waals surface area contributed by atoms with Crippen LogP contribution in [0.2, 0.25) is 0 Å². The zero-order valence-corrected chi connectivity index (χ0v) is 10.1. The van der Waals surface area contributed by atoms with Gasteiger partial charge in [0, 0.05) is 24.3 Å². The Morgan fingerprint density at radius 2 is 2.18 bits per heavy atom. The zero-order chi connectivity index (χ0) is 12.9. The van der Waals surface area contributed by atoms with Crippen molar-refractivity contribution in [1.82, 2.24) is 15.1 Å². The Hall–Kier alpha value is -1.04. The van der Waals surface area contributed by atoms with Crippen molar-refractivity contribution in [3.8, 4) is 0 Å². The van der Waals surface area contributed by atoms with Gasteiger partial charge in [0.2, 0.25) is 0 Å². The Kier molecular flexibility index (Phi) is 4.99. The fraction of sp³-hybridized carbons (Fsp3) is 0.727. The molecule has 1 aromatic rings. The lowest BCUT2D eigenvalue weighted by atomic mass is 10.2. The van der Waals surface area contributed by atoms with Gasteiger partial charge >= 0.3 is 6.18 Å². The Bertz CT molecular complexity index is 333. The van der Waals surface area contributed by atoms with E-state index >= 15 is 0 Å². The van der Waals surface area contributed by atoms with Crippen molar-refractivity contribution in [2.75, 3.05) is 6.54 Å². The van der Waals surface area contributed by atoms with Gasteiger partial charge in [0.1, 0.15) is 0 Å². The average molecular weight is 249 g/mol. The van der Waals surface area contributed by atoms with Crippen molar-refractivity contribution in [2.24, 2.45) is 0 Å². The number of rotatable bonds is 6. The fourth-order valence-electron chi connectivity index (χ4n) is 1.45. The normalized spacial score (nSPS) is 13.9. The molecule has 0 aliphatic rings. The molecular weight excluding hydrogens is 231 g/mol. The quantitative estimate of drug-likeness (QED) is 0.840. The van der Waals surface area contributed by atoms with Crippen LogP contribution in [0.15, 0.2) is 12.4 Å². The van der Waals surface area contributed by atoms with Crippen molar-refractivity contribution in [3.63, 3.8) is 0 Å². The SMILES string of the molecule is CCCNC(C)c1cnn(CCC(F)(F)F)c1. The lowest BCUT2D eigenvalue weighted by molar-refractivity contribution is -0.137. The van der Waals surface area contributed by atoms with Crippen LogP contribution in [0.1, 0.15) is 38.3 Å². The van der Waals surface area contributed by atoms with Gasteiger partial charge in [0.05, 0.1) is 12.6 Å². The third-order valence-electron chi connectivity index (χ3n) is 2.48. The summed E-state index contributed by atoms with van der Waals surface area (Å²) in [4.78, 5) is 0. The molecule has 1 aromatic heterocycles. The minimum absolute atomic E-state index is 0.120. The molecule has 0 aliphatic carbocycles. The highest BCUT2D eigenvalue weighted by Crippen LogP contribution is 2.20. The first kappa shape index (κ1) is 14.0. The predicted molar refractivity (Wildman–Crippen MR) is 59.6 cm³/mol. The summed E-state index contributed by atoms with van der Waals surface area (Å²) < 4.78 is 37.4. The minimum Gasteiger partial charge on any atom is -0.310 e. The van der Waals surface area contributed by atoms with E-state index < -0.39 is 12.6 Å². The van der Waals surface area contributed by atoms with Crippen molar-refractivity contribution in [3.05, 3.63) is 18.0 Å². The van der Waals surface area contributed by atoms with Gasteiger partial charge in [-0.25, -0.2) is 0 Å². The van der Waals surface area contributed by atoms with Crippen LogP contribution in [0, 0.1) is 0 Å². The maximum atomic E-state index is 12.0. The van der Waals surface area contributed by atoms with Crippen LogP contribution < -0.4 is 5.32 Å². The van der Waals surface area contributed by atoms with E-state index in [1.54, 1.807) is 12.4 Å². The molecule has 1 unspecified atom stereocenters. The molecule has 0 spiro atoms. The van der Waals surface area contributed by atoms with E-state index in [1.807, 2.05) is 6.92 Å². The summed E-state index contributed by atoms with van der Waals surface area (Å²) >= 11 is 0. The molecule has 0 amide bonds. The van der Waals surface area contributed by atoms with Crippen LogP contribution in [0.3, 0.4) is 0 Å². The van der Waals surface area contributed by atoms with Crippen molar-refractivity contribution in [1.29, 1.82) is 0 Å². The zero-order valence-electron chi connectivity index (χ0n) is 10.1. The van der Waals surface area contributed by atoms with Gasteiger partial charge in [-0.15, -0.1) is 0 Å². The van der Waals surface area contributed by atoms with Crippen LogP contribution >= 0.6 is 0 Å². The van der Waals surface area contributed by atoms with Crippen LogP contribution in [0.4, 0.5) is 13.2 Å². The number of halogens is 3. The molecule has 3 nitrogen and oxygen atoms in total. The van der Waals surface area contributed by atoms with Gasteiger partial charge in [0.15, 0.2) is 0 Å². The van der Waals surface area contributed by atoms with E-state index in [1.165, 1.54) is 4.68 Å². The second-order valence-electron chi connectivity index (χ2n) is 4.08. The van der Waals surface area contributed by atoms with E-state index in [0.717, 1.165) is 18.5 Å². The Balaban J connectivity index is 2.47. The van der Waals surface area contributed by atoms with Gasteiger partial charge in [0.25, 0.3) is 0 Å². The topological polar surface area (TPSA) is 29.9 Å². The predicted octanol–water partition coefficient (Wildman–Crippen LogP) is 2.90. The number of hydrogen-bond donors (Lipinski definition) is 1. The number of aromatic nitrogens is 2. The molecule has 98 valence electrons. The molecular formula is C11H18F3N3. The second kappa shape index (κ2) is 6.05. The summed E-state index contributed by atoms with van der Waals surface area (Å²) in [5, 5.41) is 7.18. The van der Waals surface area contributed by atoms with Crippen molar-refractivity contribution < 1.29 is 13.2 Å². The van der Waals surface area contributed by atoms with E-state index in [9.17, 15) is 13.2 Å². The van der Waals surface area contributed by atoms with E-state index in [0.29, 0.717) is 0 Å². The molecule has 0 saturated heterocycles. The molecule has 1 atom stereocenters. The summed E-state index contributed by atoms with van der Waals surface area (Å²) in [6.45, 7) is 4.80. The smallest absolute Gasteiger partial charge is 0.310 e. The standard InChI is InChI=1S/C11H18F3N3/c1-3-5-15-9(2)10-7-16-17(8-10)6-4-11(12,13)14/h7-9,15H,3-6H2,1-2H3. The molecule has 0 aromatic carbocycles. The van der Waals surface area contributed by atoms with E-state index in [-0.39, 0.29) is 12.6 Å². The van der Waals surface area contributed by atoms with Gasteiger partial charge in [-0.3, -0.25) is 4.68 Å². The summed E-state index contributed by atoms with van der Waals surface area (Å²) in [7, 11) is 0. The molecule has 0 radical (unpaired) electrons. The van der Waals surface area contributed by atoms with Crippen molar-refractivity contribution in [2.45, 2.75) is 45.5 Å². The third kappa shape index (κ3) is 5.21. The molecule has 0 saturated carbocycles. The maximum absolute atomic E-state index is 12.0. The molecule has 0 fully saturated rings. The number of nitrogens with zero attached hydrogens (tertiary/aromatic N) is 2. The lowest BCUT2D eigenvalue weighted by Gasteiger charge is -2.10. The summed E-state index contributed by atoms with van der Waals surface area (Å²) in [5.41, 5.74) is 0.917. The van der Waals surface area contributed by atoms with Gasteiger partial charge in [-0.1, -0.05) is 6.92 Å². The fourth-order valence-corrected chi connectivity index (χ4v) is 1.45. The Labute approximate surface area is 99.0 Å².